The van der Waals surface area contributed by atoms with Gasteiger partial charge in [0.15, 0.2) is 0 Å². The van der Waals surface area contributed by atoms with Crippen molar-refractivity contribution in [3.63, 3.8) is 0 Å². The van der Waals surface area contributed by atoms with Gasteiger partial charge < -0.3 is 4.98 Å². The van der Waals surface area contributed by atoms with Gasteiger partial charge in [0.05, 0.1) is 10.9 Å². The Morgan fingerprint density at radius 1 is 0.741 bits per heavy atom. The van der Waals surface area contributed by atoms with E-state index in [0.29, 0.717) is 16.7 Å². The minimum atomic E-state index is -0.113. The maximum atomic E-state index is 12.3. The van der Waals surface area contributed by atoms with Crippen LogP contribution in [0.15, 0.2) is 77.6 Å². The highest BCUT2D eigenvalue weighted by molar-refractivity contribution is 5.79. The zero-order chi connectivity index (χ0) is 19.0. The van der Waals surface area contributed by atoms with Gasteiger partial charge in [-0.15, -0.1) is 0 Å². The van der Waals surface area contributed by atoms with Crippen molar-refractivity contribution in [3.05, 3.63) is 88.7 Å². The second-order valence-corrected chi connectivity index (χ2v) is 7.84. The van der Waals surface area contributed by atoms with Gasteiger partial charge in [0.1, 0.15) is 5.82 Å². The van der Waals surface area contributed by atoms with Gasteiger partial charge in [-0.05, 0) is 34.2 Å². The quantitative estimate of drug-likeness (QED) is 0.512. The molecule has 0 spiro atoms. The maximum absolute atomic E-state index is 12.3. The van der Waals surface area contributed by atoms with Crippen molar-refractivity contribution in [1.29, 1.82) is 0 Å². The molecule has 0 saturated heterocycles. The van der Waals surface area contributed by atoms with E-state index in [1.807, 2.05) is 30.3 Å². The predicted octanol–water partition coefficient (Wildman–Crippen LogP) is 5.55. The molecule has 1 aromatic heterocycles. The fourth-order valence-corrected chi connectivity index (χ4v) is 3.21. The second kappa shape index (κ2) is 6.51. The number of para-hydroxylation sites is 1. The van der Waals surface area contributed by atoms with Gasteiger partial charge in [0, 0.05) is 5.56 Å². The molecule has 27 heavy (non-hydrogen) atoms. The number of nitrogens with zero attached hydrogens (tertiary/aromatic N) is 1. The van der Waals surface area contributed by atoms with E-state index >= 15 is 0 Å². The molecule has 0 unspecified atom stereocenters. The standard InChI is InChI=1S/C24H22N2O/c1-24(2,3)19-14-12-17(13-15-19)16-8-10-18(11-9-16)22-25-21-7-5-4-6-20(21)23(27)26-22/h4-15H,1-3H3,(H,25,26,27). The molecule has 4 aromatic rings. The van der Waals surface area contributed by atoms with Gasteiger partial charge in [0.2, 0.25) is 0 Å². The van der Waals surface area contributed by atoms with Crippen LogP contribution < -0.4 is 5.56 Å². The molecule has 0 amide bonds. The van der Waals surface area contributed by atoms with E-state index in [2.05, 4.69) is 67.1 Å². The van der Waals surface area contributed by atoms with E-state index in [-0.39, 0.29) is 11.0 Å². The lowest BCUT2D eigenvalue weighted by Gasteiger charge is -2.19. The van der Waals surface area contributed by atoms with Crippen LogP contribution in [0.25, 0.3) is 33.4 Å². The van der Waals surface area contributed by atoms with Gasteiger partial charge in [-0.2, -0.15) is 0 Å². The Hall–Kier alpha value is -3.20. The normalized spacial score (nSPS) is 11.7. The molecule has 0 aliphatic heterocycles. The molecule has 1 N–H and O–H groups in total. The van der Waals surface area contributed by atoms with E-state index in [1.165, 1.54) is 11.1 Å². The van der Waals surface area contributed by atoms with Crippen LogP contribution in [0, 0.1) is 0 Å². The average Bonchev–Trinajstić information content (AvgIpc) is 2.67. The summed E-state index contributed by atoms with van der Waals surface area (Å²) in [5, 5.41) is 0.608. The summed E-state index contributed by atoms with van der Waals surface area (Å²) in [5.41, 5.74) is 5.27. The molecule has 1 heterocycles. The van der Waals surface area contributed by atoms with E-state index in [4.69, 9.17) is 0 Å². The number of hydrogen-bond acceptors (Lipinski definition) is 2. The fraction of sp³-hybridized carbons (Fsp3) is 0.167. The smallest absolute Gasteiger partial charge is 0.259 e. The summed E-state index contributed by atoms with van der Waals surface area (Å²) in [7, 11) is 0. The third-order valence-corrected chi connectivity index (χ3v) is 4.86. The van der Waals surface area contributed by atoms with Crippen LogP contribution in [0.5, 0.6) is 0 Å². The van der Waals surface area contributed by atoms with Gasteiger partial charge in [-0.1, -0.05) is 81.4 Å². The van der Waals surface area contributed by atoms with Crippen LogP contribution in [0.3, 0.4) is 0 Å². The predicted molar refractivity (Wildman–Crippen MR) is 112 cm³/mol. The molecule has 134 valence electrons. The summed E-state index contributed by atoms with van der Waals surface area (Å²) in [5.74, 6) is 0.591. The van der Waals surface area contributed by atoms with Crippen LogP contribution in [-0.4, -0.2) is 9.97 Å². The van der Waals surface area contributed by atoms with Gasteiger partial charge in [-0.25, -0.2) is 4.98 Å². The number of fused-ring (bicyclic) bond motifs is 1. The number of rotatable bonds is 2. The van der Waals surface area contributed by atoms with E-state index in [0.717, 1.165) is 11.1 Å². The highest BCUT2D eigenvalue weighted by atomic mass is 16.1. The molecule has 0 atom stereocenters. The van der Waals surface area contributed by atoms with E-state index < -0.39 is 0 Å². The van der Waals surface area contributed by atoms with Crippen LogP contribution in [0.4, 0.5) is 0 Å². The summed E-state index contributed by atoms with van der Waals surface area (Å²) in [6.07, 6.45) is 0. The first-order valence-corrected chi connectivity index (χ1v) is 9.12. The summed E-state index contributed by atoms with van der Waals surface area (Å²) in [4.78, 5) is 19.8. The molecule has 0 aliphatic carbocycles. The first-order valence-electron chi connectivity index (χ1n) is 9.12. The van der Waals surface area contributed by atoms with Crippen molar-refractivity contribution < 1.29 is 0 Å². The van der Waals surface area contributed by atoms with Crippen molar-refractivity contribution in [2.24, 2.45) is 0 Å². The first-order chi connectivity index (χ1) is 12.9. The molecule has 0 saturated carbocycles. The highest BCUT2D eigenvalue weighted by Gasteiger charge is 2.13. The van der Waals surface area contributed by atoms with Crippen LogP contribution in [0.2, 0.25) is 0 Å². The minimum absolute atomic E-state index is 0.113. The number of aromatic amines is 1. The first kappa shape index (κ1) is 17.2. The van der Waals surface area contributed by atoms with E-state index in [9.17, 15) is 4.79 Å². The Morgan fingerprint density at radius 3 is 1.93 bits per heavy atom. The van der Waals surface area contributed by atoms with Crippen LogP contribution >= 0.6 is 0 Å². The average molecular weight is 354 g/mol. The summed E-state index contributed by atoms with van der Waals surface area (Å²) >= 11 is 0. The molecule has 0 bridgehead atoms. The number of nitrogens with one attached hydrogen (secondary N) is 1. The zero-order valence-electron chi connectivity index (χ0n) is 15.8. The van der Waals surface area contributed by atoms with E-state index in [1.54, 1.807) is 6.07 Å². The lowest BCUT2D eigenvalue weighted by molar-refractivity contribution is 0.590. The third kappa shape index (κ3) is 3.41. The number of H-pyrrole nitrogens is 1. The largest absolute Gasteiger partial charge is 0.306 e. The molecule has 4 rings (SSSR count). The van der Waals surface area contributed by atoms with Gasteiger partial charge >= 0.3 is 0 Å². The van der Waals surface area contributed by atoms with Gasteiger partial charge in [-0.3, -0.25) is 4.79 Å². The molecule has 3 heteroatoms. The number of benzene rings is 3. The zero-order valence-corrected chi connectivity index (χ0v) is 15.8. The highest BCUT2D eigenvalue weighted by Crippen LogP contribution is 2.27. The molecule has 0 fully saturated rings. The summed E-state index contributed by atoms with van der Waals surface area (Å²) < 4.78 is 0. The van der Waals surface area contributed by atoms with Crippen molar-refractivity contribution >= 4 is 10.9 Å². The van der Waals surface area contributed by atoms with Gasteiger partial charge in [0.25, 0.3) is 5.56 Å². The van der Waals surface area contributed by atoms with Crippen molar-refractivity contribution in [2.45, 2.75) is 26.2 Å². The number of aromatic nitrogens is 2. The Bertz CT molecular complexity index is 1150. The van der Waals surface area contributed by atoms with Crippen molar-refractivity contribution in [2.75, 3.05) is 0 Å². The second-order valence-electron chi connectivity index (χ2n) is 7.84. The minimum Gasteiger partial charge on any atom is -0.306 e. The van der Waals surface area contributed by atoms with Crippen LogP contribution in [0.1, 0.15) is 26.3 Å². The Morgan fingerprint density at radius 2 is 1.30 bits per heavy atom. The fourth-order valence-electron chi connectivity index (χ4n) is 3.21. The lowest BCUT2D eigenvalue weighted by Crippen LogP contribution is -2.10. The van der Waals surface area contributed by atoms with Crippen molar-refractivity contribution in [3.8, 4) is 22.5 Å². The molecular weight excluding hydrogens is 332 g/mol. The molecule has 3 nitrogen and oxygen atoms in total. The topological polar surface area (TPSA) is 45.8 Å². The summed E-state index contributed by atoms with van der Waals surface area (Å²) in [6, 6.07) is 24.2. The third-order valence-electron chi connectivity index (χ3n) is 4.86. The molecule has 3 aromatic carbocycles. The number of hydrogen-bond donors (Lipinski definition) is 1. The lowest BCUT2D eigenvalue weighted by atomic mass is 9.86. The molecular formula is C24H22N2O. The summed E-state index contributed by atoms with van der Waals surface area (Å²) in [6.45, 7) is 6.65. The molecule has 0 aliphatic rings. The Balaban J connectivity index is 1.67. The molecule has 0 radical (unpaired) electrons. The van der Waals surface area contributed by atoms with Crippen LogP contribution in [-0.2, 0) is 5.41 Å². The SMILES string of the molecule is CC(C)(C)c1ccc(-c2ccc(-c3nc4ccccc4c(=O)[nH]3)cc2)cc1. The Labute approximate surface area is 158 Å². The van der Waals surface area contributed by atoms with Crippen molar-refractivity contribution in [1.82, 2.24) is 9.97 Å². The Kier molecular flexibility index (Phi) is 4.15. The monoisotopic (exact) mass is 354 g/mol. The maximum Gasteiger partial charge on any atom is 0.259 e.